The van der Waals surface area contributed by atoms with Crippen molar-refractivity contribution < 1.29 is 0 Å². The molecular weight excluding hydrogens is 749 g/mol. The SMILES string of the molecule is c1ccc(-c2ccc(-n3c(-c4ccccc4)c(-c4ccccc4)c4cc5ccc6c(-c7ccc8c(c7)c7ccccc7n8-c7ccccc7)ccc7ccc(c5c76)c43)cc2)cc1. The van der Waals surface area contributed by atoms with Gasteiger partial charge in [0.05, 0.1) is 22.2 Å². The first-order valence-corrected chi connectivity index (χ1v) is 21.4. The first kappa shape index (κ1) is 34.6. The Hall–Kier alpha value is -8.20. The highest BCUT2D eigenvalue weighted by Gasteiger charge is 2.25. The van der Waals surface area contributed by atoms with Crippen LogP contribution in [0.3, 0.4) is 0 Å². The van der Waals surface area contributed by atoms with E-state index in [1.54, 1.807) is 0 Å². The van der Waals surface area contributed by atoms with Crippen LogP contribution in [0.25, 0.3) is 121 Å². The molecule has 13 rings (SSSR count). The van der Waals surface area contributed by atoms with Gasteiger partial charge in [0.2, 0.25) is 0 Å². The van der Waals surface area contributed by atoms with Crippen LogP contribution < -0.4 is 0 Å². The smallest absolute Gasteiger partial charge is 0.0620 e. The fourth-order valence-electron chi connectivity index (χ4n) is 10.3. The molecular formula is C60H38N2. The number of hydrogen-bond donors (Lipinski definition) is 0. The third kappa shape index (κ3) is 5.17. The molecule has 0 amide bonds. The van der Waals surface area contributed by atoms with Crippen molar-refractivity contribution in [1.29, 1.82) is 0 Å². The lowest BCUT2D eigenvalue weighted by atomic mass is 9.88. The normalized spacial score (nSPS) is 11.9. The quantitative estimate of drug-likeness (QED) is 0.149. The van der Waals surface area contributed by atoms with Crippen molar-refractivity contribution in [2.24, 2.45) is 0 Å². The summed E-state index contributed by atoms with van der Waals surface area (Å²) in [5.41, 5.74) is 15.6. The fourth-order valence-corrected chi connectivity index (χ4v) is 10.3. The van der Waals surface area contributed by atoms with Crippen LogP contribution in [0, 0.1) is 0 Å². The summed E-state index contributed by atoms with van der Waals surface area (Å²) < 4.78 is 4.92. The topological polar surface area (TPSA) is 9.86 Å². The van der Waals surface area contributed by atoms with Crippen LogP contribution in [-0.4, -0.2) is 9.13 Å². The van der Waals surface area contributed by atoms with Gasteiger partial charge in [-0.2, -0.15) is 0 Å². The third-order valence-corrected chi connectivity index (χ3v) is 13.0. The summed E-state index contributed by atoms with van der Waals surface area (Å²) in [5, 5.41) is 11.4. The van der Waals surface area contributed by atoms with E-state index in [9.17, 15) is 0 Å². The zero-order valence-electron chi connectivity index (χ0n) is 33.8. The molecule has 2 heteroatoms. The Morgan fingerprint density at radius 1 is 0.274 bits per heavy atom. The molecule has 2 nitrogen and oxygen atoms in total. The molecule has 2 aromatic heterocycles. The molecule has 13 aromatic rings. The van der Waals surface area contributed by atoms with Gasteiger partial charge in [0.1, 0.15) is 0 Å². The maximum absolute atomic E-state index is 2.53. The lowest BCUT2D eigenvalue weighted by molar-refractivity contribution is 1.14. The Bertz CT molecular complexity index is 3800. The molecule has 0 aliphatic carbocycles. The first-order valence-electron chi connectivity index (χ1n) is 21.4. The van der Waals surface area contributed by atoms with E-state index >= 15 is 0 Å². The summed E-state index contributed by atoms with van der Waals surface area (Å²) in [6.45, 7) is 0. The number of rotatable bonds is 6. The predicted octanol–water partition coefficient (Wildman–Crippen LogP) is 16.3. The molecule has 0 radical (unpaired) electrons. The summed E-state index contributed by atoms with van der Waals surface area (Å²) in [7, 11) is 0. The molecule has 0 aliphatic rings. The summed E-state index contributed by atoms with van der Waals surface area (Å²) in [6, 6.07) is 84.7. The molecule has 0 bridgehead atoms. The van der Waals surface area contributed by atoms with Crippen LogP contribution in [0.5, 0.6) is 0 Å². The van der Waals surface area contributed by atoms with Crippen molar-refractivity contribution in [3.8, 4) is 56.0 Å². The standard InChI is InChI=1S/C60H38N2/c1-5-15-39(16-6-1)40-25-31-47(32-26-40)62-59(43-19-9-3-10-20-43)58(41-17-7-2-8-18-41)53-38-45-29-34-50-48(33-27-42-28-35-51(60(53)62)57(45)56(42)50)44-30-36-55-52(37-44)49-23-13-14-24-54(49)61(55)46-21-11-4-12-22-46/h1-38H. The van der Waals surface area contributed by atoms with Gasteiger partial charge < -0.3 is 9.13 Å². The summed E-state index contributed by atoms with van der Waals surface area (Å²) in [4.78, 5) is 0. The van der Waals surface area contributed by atoms with Gasteiger partial charge in [-0.15, -0.1) is 0 Å². The van der Waals surface area contributed by atoms with Gasteiger partial charge in [-0.3, -0.25) is 0 Å². The minimum absolute atomic E-state index is 1.13. The Morgan fingerprint density at radius 3 is 1.58 bits per heavy atom. The number of fused-ring (bicyclic) bond motifs is 5. The van der Waals surface area contributed by atoms with Gasteiger partial charge in [-0.1, -0.05) is 182 Å². The number of benzene rings is 11. The maximum Gasteiger partial charge on any atom is 0.0620 e. The van der Waals surface area contributed by atoms with E-state index in [0.29, 0.717) is 0 Å². The lowest BCUT2D eigenvalue weighted by Gasteiger charge is -2.17. The van der Waals surface area contributed by atoms with E-state index in [0.717, 1.165) is 5.69 Å². The third-order valence-electron chi connectivity index (χ3n) is 13.0. The second-order valence-electron chi connectivity index (χ2n) is 16.4. The minimum Gasteiger partial charge on any atom is -0.309 e. The summed E-state index contributed by atoms with van der Waals surface area (Å²) in [6.07, 6.45) is 0. The van der Waals surface area contributed by atoms with E-state index in [-0.39, 0.29) is 0 Å². The van der Waals surface area contributed by atoms with Crippen LogP contribution in [0.2, 0.25) is 0 Å². The summed E-state index contributed by atoms with van der Waals surface area (Å²) >= 11 is 0. The molecule has 0 aliphatic heterocycles. The van der Waals surface area contributed by atoms with Crippen molar-refractivity contribution in [2.45, 2.75) is 0 Å². The Kier molecular flexibility index (Phi) is 7.64. The molecule has 0 unspecified atom stereocenters. The largest absolute Gasteiger partial charge is 0.309 e. The number of hydrogen-bond acceptors (Lipinski definition) is 0. The number of para-hydroxylation sites is 2. The van der Waals surface area contributed by atoms with Crippen LogP contribution >= 0.6 is 0 Å². The first-order chi connectivity index (χ1) is 30.8. The zero-order valence-corrected chi connectivity index (χ0v) is 33.8. The van der Waals surface area contributed by atoms with Crippen molar-refractivity contribution in [2.75, 3.05) is 0 Å². The second-order valence-corrected chi connectivity index (χ2v) is 16.4. The molecule has 11 aromatic carbocycles. The number of nitrogens with zero attached hydrogens (tertiary/aromatic N) is 2. The van der Waals surface area contributed by atoms with E-state index in [1.165, 1.54) is 115 Å². The van der Waals surface area contributed by atoms with E-state index in [1.807, 2.05) is 0 Å². The monoisotopic (exact) mass is 786 g/mol. The second kappa shape index (κ2) is 13.7. The lowest BCUT2D eigenvalue weighted by Crippen LogP contribution is -1.98. The number of aromatic nitrogens is 2. The molecule has 0 saturated carbocycles. The van der Waals surface area contributed by atoms with Crippen LogP contribution in [0.4, 0.5) is 0 Å². The molecule has 288 valence electrons. The van der Waals surface area contributed by atoms with E-state index in [2.05, 4.69) is 240 Å². The molecule has 0 N–H and O–H groups in total. The van der Waals surface area contributed by atoms with Crippen molar-refractivity contribution in [3.63, 3.8) is 0 Å². The Balaban J connectivity index is 1.10. The Morgan fingerprint density at radius 2 is 0.823 bits per heavy atom. The van der Waals surface area contributed by atoms with Gasteiger partial charge in [0.15, 0.2) is 0 Å². The average Bonchev–Trinajstić information content (AvgIpc) is 3.87. The molecule has 0 saturated heterocycles. The minimum atomic E-state index is 1.13. The van der Waals surface area contributed by atoms with Gasteiger partial charge in [0.25, 0.3) is 0 Å². The maximum atomic E-state index is 2.53. The van der Waals surface area contributed by atoms with Crippen molar-refractivity contribution in [3.05, 3.63) is 231 Å². The van der Waals surface area contributed by atoms with Crippen LogP contribution in [0.1, 0.15) is 0 Å². The molecule has 0 atom stereocenters. The zero-order chi connectivity index (χ0) is 40.7. The highest BCUT2D eigenvalue weighted by atomic mass is 15.0. The van der Waals surface area contributed by atoms with Gasteiger partial charge in [-0.05, 0) is 109 Å². The predicted molar refractivity (Wildman–Crippen MR) is 263 cm³/mol. The van der Waals surface area contributed by atoms with Crippen molar-refractivity contribution in [1.82, 2.24) is 9.13 Å². The average molecular weight is 787 g/mol. The van der Waals surface area contributed by atoms with Crippen LogP contribution in [0.15, 0.2) is 231 Å². The highest BCUT2D eigenvalue weighted by molar-refractivity contribution is 6.32. The molecule has 0 spiro atoms. The van der Waals surface area contributed by atoms with Gasteiger partial charge >= 0.3 is 0 Å². The van der Waals surface area contributed by atoms with Crippen molar-refractivity contribution >= 4 is 65.0 Å². The van der Waals surface area contributed by atoms with Gasteiger partial charge in [-0.25, -0.2) is 0 Å². The summed E-state index contributed by atoms with van der Waals surface area (Å²) in [5.74, 6) is 0. The Labute approximate surface area is 359 Å². The van der Waals surface area contributed by atoms with Crippen LogP contribution in [-0.2, 0) is 0 Å². The van der Waals surface area contributed by atoms with Gasteiger partial charge in [0, 0.05) is 38.5 Å². The van der Waals surface area contributed by atoms with E-state index in [4.69, 9.17) is 0 Å². The molecule has 2 heterocycles. The molecule has 62 heavy (non-hydrogen) atoms. The highest BCUT2D eigenvalue weighted by Crippen LogP contribution is 2.49. The fraction of sp³-hybridized carbons (Fsp3) is 0. The molecule has 0 fully saturated rings. The van der Waals surface area contributed by atoms with E-state index < -0.39 is 0 Å².